The molecule has 196 valence electrons. The molecule has 1 fully saturated rings. The van der Waals surface area contributed by atoms with Gasteiger partial charge >= 0.3 is 0 Å². The summed E-state index contributed by atoms with van der Waals surface area (Å²) in [6.07, 6.45) is 2.11. The van der Waals surface area contributed by atoms with E-state index in [-0.39, 0.29) is 11.7 Å². The van der Waals surface area contributed by atoms with Gasteiger partial charge in [0.2, 0.25) is 0 Å². The second-order valence-electron chi connectivity index (χ2n) is 10.0. The number of benzene rings is 3. The number of hydrogen-bond donors (Lipinski definition) is 0. The highest BCUT2D eigenvalue weighted by atomic mass is 19.1. The molecule has 5 aromatic rings. The van der Waals surface area contributed by atoms with Crippen LogP contribution in [0.4, 0.5) is 8.78 Å². The number of imidazole rings is 1. The van der Waals surface area contributed by atoms with Gasteiger partial charge in [-0.2, -0.15) is 0 Å². The smallest absolute Gasteiger partial charge is 0.254 e. The number of carbonyl (C=O) groups is 1. The van der Waals surface area contributed by atoms with E-state index < -0.39 is 5.82 Å². The zero-order chi connectivity index (χ0) is 26.9. The van der Waals surface area contributed by atoms with E-state index in [1.807, 2.05) is 6.07 Å². The lowest BCUT2D eigenvalue weighted by Gasteiger charge is -2.34. The Kier molecular flexibility index (Phi) is 6.67. The van der Waals surface area contributed by atoms with Gasteiger partial charge in [-0.25, -0.2) is 13.8 Å². The fourth-order valence-electron chi connectivity index (χ4n) is 5.20. The van der Waals surface area contributed by atoms with Crippen LogP contribution in [0.3, 0.4) is 0 Å². The highest BCUT2D eigenvalue weighted by Crippen LogP contribution is 2.29. The Morgan fingerprint density at radius 1 is 0.795 bits per heavy atom. The first-order valence-corrected chi connectivity index (χ1v) is 13.1. The van der Waals surface area contributed by atoms with Gasteiger partial charge in [-0.3, -0.25) is 9.69 Å². The second-order valence-corrected chi connectivity index (χ2v) is 10.0. The van der Waals surface area contributed by atoms with Crippen LogP contribution in [0, 0.1) is 18.6 Å². The van der Waals surface area contributed by atoms with Crippen molar-refractivity contribution in [3.63, 3.8) is 0 Å². The lowest BCUT2D eigenvalue weighted by atomic mass is 10.1. The molecule has 0 spiro atoms. The average molecular weight is 523 g/mol. The number of fused-ring (bicyclic) bond motifs is 1. The average Bonchev–Trinajstić information content (AvgIpc) is 3.31. The minimum absolute atomic E-state index is 0.154. The molecule has 3 heterocycles. The summed E-state index contributed by atoms with van der Waals surface area (Å²) in [7, 11) is 0. The highest BCUT2D eigenvalue weighted by Gasteiger charge is 2.25. The normalized spacial score (nSPS) is 14.2. The van der Waals surface area contributed by atoms with Gasteiger partial charge in [-0.05, 0) is 72.6 Å². The molecule has 3 aromatic carbocycles. The molecule has 39 heavy (non-hydrogen) atoms. The molecule has 0 radical (unpaired) electrons. The Morgan fingerprint density at radius 3 is 2.28 bits per heavy atom. The predicted octanol–water partition coefficient (Wildman–Crippen LogP) is 6.21. The Balaban J connectivity index is 1.30. The SMILES string of the molecule is Cc1cccc(-c2ccc3nc(-c4ccc(F)cc4)c(CN4CCN(C(=O)c5cccc(F)c5)CC4)n3c2)c1. The number of carbonyl (C=O) groups excluding carboxylic acids is 1. The molecule has 0 N–H and O–H groups in total. The van der Waals surface area contributed by atoms with E-state index in [9.17, 15) is 13.6 Å². The van der Waals surface area contributed by atoms with Crippen molar-refractivity contribution in [2.75, 3.05) is 26.2 Å². The van der Waals surface area contributed by atoms with Crippen molar-refractivity contribution in [1.82, 2.24) is 19.2 Å². The van der Waals surface area contributed by atoms with E-state index in [1.165, 1.54) is 29.8 Å². The van der Waals surface area contributed by atoms with Gasteiger partial charge < -0.3 is 9.30 Å². The number of halogens is 2. The lowest BCUT2D eigenvalue weighted by molar-refractivity contribution is 0.0626. The third-order valence-corrected chi connectivity index (χ3v) is 7.29. The maximum atomic E-state index is 13.7. The van der Waals surface area contributed by atoms with Crippen molar-refractivity contribution in [1.29, 1.82) is 0 Å². The molecule has 6 rings (SSSR count). The van der Waals surface area contributed by atoms with E-state index in [2.05, 4.69) is 52.8 Å². The summed E-state index contributed by atoms with van der Waals surface area (Å²) in [6.45, 7) is 5.14. The van der Waals surface area contributed by atoms with Gasteiger partial charge in [-0.1, -0.05) is 35.9 Å². The number of piperazine rings is 1. The maximum Gasteiger partial charge on any atom is 0.254 e. The van der Waals surface area contributed by atoms with Crippen LogP contribution in [-0.4, -0.2) is 51.3 Å². The largest absolute Gasteiger partial charge is 0.336 e. The standard InChI is InChI=1S/C32H28F2N4O/c1-22-4-2-5-24(18-22)26-10-13-30-35-31(23-8-11-27(33)12-9-23)29(38(30)20-26)21-36-14-16-37(17-15-36)32(39)25-6-3-7-28(34)19-25/h2-13,18-20H,14-17,21H2,1H3. The Hall–Kier alpha value is -4.36. The molecule has 1 aliphatic rings. The minimum Gasteiger partial charge on any atom is -0.336 e. The van der Waals surface area contributed by atoms with Crippen molar-refractivity contribution in [3.05, 3.63) is 120 Å². The van der Waals surface area contributed by atoms with E-state index >= 15 is 0 Å². The summed E-state index contributed by atoms with van der Waals surface area (Å²) in [4.78, 5) is 21.9. The van der Waals surface area contributed by atoms with E-state index in [0.717, 1.165) is 33.7 Å². The van der Waals surface area contributed by atoms with Crippen molar-refractivity contribution in [2.24, 2.45) is 0 Å². The summed E-state index contributed by atoms with van der Waals surface area (Å²) in [6, 6.07) is 24.8. The molecule has 0 atom stereocenters. The monoisotopic (exact) mass is 522 g/mol. The molecule has 0 unspecified atom stereocenters. The Bertz CT molecular complexity index is 1650. The second kappa shape index (κ2) is 10.4. The predicted molar refractivity (Wildman–Crippen MR) is 148 cm³/mol. The van der Waals surface area contributed by atoms with Crippen molar-refractivity contribution < 1.29 is 13.6 Å². The van der Waals surface area contributed by atoms with Gasteiger partial charge in [-0.15, -0.1) is 0 Å². The number of pyridine rings is 1. The van der Waals surface area contributed by atoms with E-state index in [4.69, 9.17) is 4.98 Å². The maximum absolute atomic E-state index is 13.7. The molecular weight excluding hydrogens is 494 g/mol. The summed E-state index contributed by atoms with van der Waals surface area (Å²) in [5, 5.41) is 0. The lowest BCUT2D eigenvalue weighted by Crippen LogP contribution is -2.48. The van der Waals surface area contributed by atoms with Gasteiger partial charge in [0.25, 0.3) is 5.91 Å². The first-order chi connectivity index (χ1) is 18.9. The molecule has 2 aromatic heterocycles. The molecular formula is C32H28F2N4O. The fourth-order valence-corrected chi connectivity index (χ4v) is 5.20. The van der Waals surface area contributed by atoms with E-state index in [0.29, 0.717) is 38.3 Å². The third kappa shape index (κ3) is 5.18. The van der Waals surface area contributed by atoms with Crippen molar-refractivity contribution >= 4 is 11.6 Å². The van der Waals surface area contributed by atoms with Gasteiger partial charge in [0.05, 0.1) is 11.4 Å². The summed E-state index contributed by atoms with van der Waals surface area (Å²) >= 11 is 0. The molecule has 0 aliphatic carbocycles. The number of aromatic nitrogens is 2. The van der Waals surface area contributed by atoms with Gasteiger partial charge in [0.15, 0.2) is 0 Å². The number of nitrogens with zero attached hydrogens (tertiary/aromatic N) is 4. The number of aryl methyl sites for hydroxylation is 1. The molecule has 1 amide bonds. The Morgan fingerprint density at radius 2 is 1.54 bits per heavy atom. The van der Waals surface area contributed by atoms with Gasteiger partial charge in [0, 0.05) is 50.0 Å². The highest BCUT2D eigenvalue weighted by molar-refractivity contribution is 5.94. The topological polar surface area (TPSA) is 40.9 Å². The van der Waals surface area contributed by atoms with Crippen molar-refractivity contribution in [3.8, 4) is 22.4 Å². The third-order valence-electron chi connectivity index (χ3n) is 7.29. The summed E-state index contributed by atoms with van der Waals surface area (Å²) in [5.74, 6) is -0.853. The Labute approximate surface area is 226 Å². The number of amides is 1. The number of rotatable bonds is 5. The zero-order valence-corrected chi connectivity index (χ0v) is 21.6. The minimum atomic E-state index is -0.412. The van der Waals surface area contributed by atoms with Crippen LogP contribution in [-0.2, 0) is 6.54 Å². The van der Waals surface area contributed by atoms with Crippen LogP contribution in [0.2, 0.25) is 0 Å². The van der Waals surface area contributed by atoms with E-state index in [1.54, 1.807) is 29.2 Å². The quantitative estimate of drug-likeness (QED) is 0.276. The summed E-state index contributed by atoms with van der Waals surface area (Å²) < 4.78 is 29.5. The molecule has 0 bridgehead atoms. The van der Waals surface area contributed by atoms with Crippen LogP contribution in [0.1, 0.15) is 21.6 Å². The molecule has 1 saturated heterocycles. The summed E-state index contributed by atoms with van der Waals surface area (Å²) in [5.41, 5.74) is 7.27. The fraction of sp³-hybridized carbons (Fsp3) is 0.188. The number of hydrogen-bond acceptors (Lipinski definition) is 3. The van der Waals surface area contributed by atoms with Crippen molar-refractivity contribution in [2.45, 2.75) is 13.5 Å². The van der Waals surface area contributed by atoms with Gasteiger partial charge in [0.1, 0.15) is 17.3 Å². The molecule has 0 saturated carbocycles. The van der Waals surface area contributed by atoms with Crippen LogP contribution in [0.15, 0.2) is 91.1 Å². The molecule has 7 heteroatoms. The zero-order valence-electron chi connectivity index (χ0n) is 21.6. The first-order valence-electron chi connectivity index (χ1n) is 13.1. The molecule has 5 nitrogen and oxygen atoms in total. The van der Waals surface area contributed by atoms with Crippen LogP contribution >= 0.6 is 0 Å². The molecule has 1 aliphatic heterocycles. The van der Waals surface area contributed by atoms with Crippen LogP contribution in [0.5, 0.6) is 0 Å². The first kappa shape index (κ1) is 24.9. The van der Waals surface area contributed by atoms with Crippen LogP contribution in [0.25, 0.3) is 28.0 Å². The van der Waals surface area contributed by atoms with Crippen LogP contribution < -0.4 is 0 Å².